The summed E-state index contributed by atoms with van der Waals surface area (Å²) in [6.07, 6.45) is 6.27. The summed E-state index contributed by atoms with van der Waals surface area (Å²) in [7, 11) is 0. The molecule has 0 aliphatic heterocycles. The Balaban J connectivity index is 2.19. The van der Waals surface area contributed by atoms with E-state index in [1.807, 2.05) is 0 Å². The number of hydrogen-bond donors (Lipinski definition) is 1. The van der Waals surface area contributed by atoms with E-state index in [9.17, 15) is 25.0 Å². The third kappa shape index (κ3) is 5.10. The first-order valence-corrected chi connectivity index (χ1v) is 7.35. The first-order chi connectivity index (χ1) is 12.9. The van der Waals surface area contributed by atoms with E-state index in [1.54, 1.807) is 0 Å². The zero-order valence-corrected chi connectivity index (χ0v) is 13.7. The van der Waals surface area contributed by atoms with Crippen LogP contribution in [0.2, 0.25) is 0 Å². The number of amides is 1. The summed E-state index contributed by atoms with van der Waals surface area (Å²) < 4.78 is 5.27. The Bertz CT molecular complexity index is 964. The van der Waals surface area contributed by atoms with Crippen molar-refractivity contribution in [3.05, 3.63) is 73.8 Å². The highest BCUT2D eigenvalue weighted by Crippen LogP contribution is 2.22. The molecule has 2 aromatic rings. The SMILES string of the molecule is C#CCOc1ccc([N+](=O)[O-])cc1/C=N\NC(=O)c1cccc([N+](=O)[O-])c1. The van der Waals surface area contributed by atoms with E-state index in [0.717, 1.165) is 12.3 Å². The highest BCUT2D eigenvalue weighted by molar-refractivity contribution is 5.95. The maximum atomic E-state index is 12.0. The Kier molecular flexibility index (Phi) is 6.16. The normalized spacial score (nSPS) is 10.2. The summed E-state index contributed by atoms with van der Waals surface area (Å²) in [5.41, 5.74) is 2.00. The molecule has 0 atom stereocenters. The van der Waals surface area contributed by atoms with Crippen molar-refractivity contribution in [2.45, 2.75) is 0 Å². The summed E-state index contributed by atoms with van der Waals surface area (Å²) in [4.78, 5) is 32.5. The molecule has 136 valence electrons. The molecule has 0 aliphatic rings. The highest BCUT2D eigenvalue weighted by Gasteiger charge is 2.12. The average molecular weight is 368 g/mol. The molecule has 10 nitrogen and oxygen atoms in total. The van der Waals surface area contributed by atoms with Crippen molar-refractivity contribution in [3.8, 4) is 18.1 Å². The number of nitrogens with one attached hydrogen (secondary N) is 1. The molecule has 0 radical (unpaired) electrons. The number of carbonyl (C=O) groups is 1. The Morgan fingerprint density at radius 1 is 1.19 bits per heavy atom. The van der Waals surface area contributed by atoms with Crippen LogP contribution in [0.3, 0.4) is 0 Å². The Morgan fingerprint density at radius 3 is 2.56 bits per heavy atom. The number of rotatable bonds is 7. The first-order valence-electron chi connectivity index (χ1n) is 7.35. The fourth-order valence-corrected chi connectivity index (χ4v) is 1.99. The molecule has 0 saturated heterocycles. The molecule has 0 bridgehead atoms. The van der Waals surface area contributed by atoms with Crippen LogP contribution in [-0.2, 0) is 0 Å². The molecular formula is C17H12N4O6. The number of nitrogens with zero attached hydrogens (tertiary/aromatic N) is 3. The van der Waals surface area contributed by atoms with E-state index in [0.29, 0.717) is 0 Å². The third-order valence-corrected chi connectivity index (χ3v) is 3.20. The number of benzene rings is 2. The molecule has 0 fully saturated rings. The lowest BCUT2D eigenvalue weighted by molar-refractivity contribution is -0.385. The molecule has 10 heteroatoms. The largest absolute Gasteiger partial charge is 0.480 e. The van der Waals surface area contributed by atoms with Crippen molar-refractivity contribution in [2.24, 2.45) is 5.10 Å². The van der Waals surface area contributed by atoms with E-state index >= 15 is 0 Å². The zero-order chi connectivity index (χ0) is 19.8. The lowest BCUT2D eigenvalue weighted by atomic mass is 10.2. The molecule has 0 unspecified atom stereocenters. The number of non-ortho nitro benzene ring substituents is 2. The van der Waals surface area contributed by atoms with Gasteiger partial charge in [0.15, 0.2) is 0 Å². The van der Waals surface area contributed by atoms with Crippen LogP contribution >= 0.6 is 0 Å². The molecule has 2 rings (SSSR count). The smallest absolute Gasteiger partial charge is 0.271 e. The van der Waals surface area contributed by atoms with Gasteiger partial charge in [0.25, 0.3) is 17.3 Å². The molecule has 0 spiro atoms. The topological polar surface area (TPSA) is 137 Å². The van der Waals surface area contributed by atoms with Gasteiger partial charge in [-0.25, -0.2) is 5.43 Å². The molecule has 2 aromatic carbocycles. The van der Waals surface area contributed by atoms with Crippen molar-refractivity contribution in [1.29, 1.82) is 0 Å². The predicted octanol–water partition coefficient (Wildman–Crippen LogP) is 2.28. The van der Waals surface area contributed by atoms with Gasteiger partial charge in [-0.3, -0.25) is 25.0 Å². The Hall–Kier alpha value is -4.26. The number of nitro benzene ring substituents is 2. The molecule has 0 aromatic heterocycles. The van der Waals surface area contributed by atoms with Crippen molar-refractivity contribution in [3.63, 3.8) is 0 Å². The summed E-state index contributed by atoms with van der Waals surface area (Å²) >= 11 is 0. The van der Waals surface area contributed by atoms with Gasteiger partial charge in [-0.2, -0.15) is 5.10 Å². The number of hydrogen-bond acceptors (Lipinski definition) is 7. The van der Waals surface area contributed by atoms with Gasteiger partial charge >= 0.3 is 0 Å². The maximum Gasteiger partial charge on any atom is 0.271 e. The van der Waals surface area contributed by atoms with Crippen LogP contribution < -0.4 is 10.2 Å². The van der Waals surface area contributed by atoms with Crippen molar-refractivity contribution in [1.82, 2.24) is 5.43 Å². The molecule has 0 saturated carbocycles. The van der Waals surface area contributed by atoms with Crippen LogP contribution in [0.5, 0.6) is 5.75 Å². The van der Waals surface area contributed by atoms with Crippen molar-refractivity contribution < 1.29 is 19.4 Å². The van der Waals surface area contributed by atoms with E-state index in [-0.39, 0.29) is 34.9 Å². The molecule has 0 heterocycles. The van der Waals surface area contributed by atoms with Crippen molar-refractivity contribution >= 4 is 23.5 Å². The van der Waals surface area contributed by atoms with Gasteiger partial charge in [0.05, 0.1) is 16.1 Å². The number of ether oxygens (including phenoxy) is 1. The van der Waals surface area contributed by atoms with Crippen LogP contribution in [0.25, 0.3) is 0 Å². The highest BCUT2D eigenvalue weighted by atomic mass is 16.6. The van der Waals surface area contributed by atoms with Crippen LogP contribution in [0.4, 0.5) is 11.4 Å². The van der Waals surface area contributed by atoms with Gasteiger partial charge < -0.3 is 4.74 Å². The second-order valence-corrected chi connectivity index (χ2v) is 4.98. The number of carbonyl (C=O) groups excluding carboxylic acids is 1. The Morgan fingerprint density at radius 2 is 1.89 bits per heavy atom. The summed E-state index contributed by atoms with van der Waals surface area (Å²) in [6, 6.07) is 8.90. The van der Waals surface area contributed by atoms with Crippen LogP contribution in [-0.4, -0.2) is 28.6 Å². The lowest BCUT2D eigenvalue weighted by Crippen LogP contribution is -2.17. The van der Waals surface area contributed by atoms with E-state index < -0.39 is 15.8 Å². The minimum atomic E-state index is -0.688. The summed E-state index contributed by atoms with van der Waals surface area (Å²) in [5.74, 6) is 1.82. The van der Waals surface area contributed by atoms with E-state index in [2.05, 4.69) is 16.4 Å². The van der Waals surface area contributed by atoms with Gasteiger partial charge in [0.2, 0.25) is 0 Å². The number of terminal acetylenes is 1. The zero-order valence-electron chi connectivity index (χ0n) is 13.7. The van der Waals surface area contributed by atoms with E-state index in [4.69, 9.17) is 11.2 Å². The van der Waals surface area contributed by atoms with Gasteiger partial charge in [-0.05, 0) is 12.1 Å². The lowest BCUT2D eigenvalue weighted by Gasteiger charge is -2.06. The minimum absolute atomic E-state index is 0.0317. The molecule has 0 aliphatic carbocycles. The maximum absolute atomic E-state index is 12.0. The van der Waals surface area contributed by atoms with Gasteiger partial charge in [-0.15, -0.1) is 6.42 Å². The Labute approximate surface area is 152 Å². The second kappa shape index (κ2) is 8.72. The van der Waals surface area contributed by atoms with Crippen LogP contribution in [0.15, 0.2) is 47.6 Å². The summed E-state index contributed by atoms with van der Waals surface area (Å²) in [5, 5.41) is 25.4. The average Bonchev–Trinajstić information content (AvgIpc) is 2.66. The third-order valence-electron chi connectivity index (χ3n) is 3.20. The fourth-order valence-electron chi connectivity index (χ4n) is 1.99. The van der Waals surface area contributed by atoms with Crippen LogP contribution in [0.1, 0.15) is 15.9 Å². The van der Waals surface area contributed by atoms with Crippen molar-refractivity contribution in [2.75, 3.05) is 6.61 Å². The quantitative estimate of drug-likeness (QED) is 0.344. The number of nitro groups is 2. The fraction of sp³-hybridized carbons (Fsp3) is 0.0588. The van der Waals surface area contributed by atoms with Crippen LogP contribution in [0, 0.1) is 32.6 Å². The van der Waals surface area contributed by atoms with Gasteiger partial charge in [0, 0.05) is 35.4 Å². The predicted molar refractivity (Wildman–Crippen MR) is 95.6 cm³/mol. The molecule has 27 heavy (non-hydrogen) atoms. The monoisotopic (exact) mass is 368 g/mol. The van der Waals surface area contributed by atoms with Gasteiger partial charge in [-0.1, -0.05) is 12.0 Å². The van der Waals surface area contributed by atoms with E-state index in [1.165, 1.54) is 36.4 Å². The molecular weight excluding hydrogens is 356 g/mol. The second-order valence-electron chi connectivity index (χ2n) is 4.98. The summed E-state index contributed by atoms with van der Waals surface area (Å²) in [6.45, 7) is -0.0569. The minimum Gasteiger partial charge on any atom is -0.480 e. The molecule has 1 amide bonds. The molecule has 1 N–H and O–H groups in total. The van der Waals surface area contributed by atoms with Gasteiger partial charge in [0.1, 0.15) is 12.4 Å². The standard InChI is InChI=1S/C17H12N4O6/c1-2-8-27-16-7-6-15(21(25)26)10-13(16)11-18-19-17(22)12-4-3-5-14(9-12)20(23)24/h1,3-7,9-11H,8H2,(H,19,22)/b18-11-. The first kappa shape index (κ1) is 19.1. The number of hydrazone groups is 1.